The third-order valence-electron chi connectivity index (χ3n) is 7.39. The smallest absolute Gasteiger partial charge is 0.249 e. The molecule has 0 unspecified atom stereocenters. The molecule has 2 amide bonds. The number of nitrogens with zero attached hydrogens (tertiary/aromatic N) is 2. The van der Waals surface area contributed by atoms with Crippen LogP contribution in [0, 0.1) is 0 Å². The Labute approximate surface area is 245 Å². The molecular weight excluding hydrogens is 538 g/mol. The van der Waals surface area contributed by atoms with Gasteiger partial charge in [-0.25, -0.2) is 4.98 Å². The van der Waals surface area contributed by atoms with Crippen LogP contribution in [-0.2, 0) is 9.59 Å². The molecule has 0 saturated carbocycles. The lowest BCUT2D eigenvalue weighted by Crippen LogP contribution is -2.49. The number of nitrogens with one attached hydrogen (secondary N) is 2. The minimum atomic E-state index is -0.982. The Hall–Kier alpha value is -3.60. The van der Waals surface area contributed by atoms with Gasteiger partial charge in [-0.3, -0.25) is 19.3 Å². The number of piperidine rings is 1. The third-order valence-corrected chi connectivity index (χ3v) is 8.15. The van der Waals surface area contributed by atoms with Crippen molar-refractivity contribution in [3.05, 3.63) is 76.8 Å². The molecule has 2 heterocycles. The Morgan fingerprint density at radius 2 is 1.71 bits per heavy atom. The molecule has 10 heteroatoms. The second-order valence-corrected chi connectivity index (χ2v) is 11.1. The zero-order chi connectivity index (χ0) is 29.2. The fourth-order valence-electron chi connectivity index (χ4n) is 4.83. The minimum absolute atomic E-state index is 0.103. The zero-order valence-electron chi connectivity index (χ0n) is 23.7. The maximum atomic E-state index is 13.4. The first-order chi connectivity index (χ1) is 19.9. The van der Waals surface area contributed by atoms with Crippen LogP contribution in [0.25, 0.3) is 0 Å². The standard InChI is InChI=1S/C31H39N5O4S/c1-3-26(37)25-20-41-31(33-25)35-30(39)28(21(2)22-10-6-4-7-11-22)34-29(38)27(32)23-12-14-24(15-13-23)40-19-18-36-16-8-5-9-17-36/h4,6-7,10-15,20-21,27-28H,3,5,8-9,16-19,32H2,1-2H3,(H,34,38)(H,33,35,39)/t21-,27+,28-/m0/s1. The molecule has 1 aromatic heterocycles. The summed E-state index contributed by atoms with van der Waals surface area (Å²) in [5.41, 5.74) is 8.14. The number of Topliss-reactive ketones (excluding diaryl/α,β-unsaturated/α-hetero) is 1. The molecule has 0 spiro atoms. The highest BCUT2D eigenvalue weighted by Gasteiger charge is 2.31. The van der Waals surface area contributed by atoms with Gasteiger partial charge in [0.05, 0.1) is 0 Å². The Balaban J connectivity index is 1.40. The van der Waals surface area contributed by atoms with Gasteiger partial charge in [-0.05, 0) is 49.2 Å². The molecule has 9 nitrogen and oxygen atoms in total. The lowest BCUT2D eigenvalue weighted by atomic mass is 9.92. The van der Waals surface area contributed by atoms with Crippen molar-refractivity contribution in [1.29, 1.82) is 0 Å². The number of benzene rings is 2. The first-order valence-electron chi connectivity index (χ1n) is 14.2. The van der Waals surface area contributed by atoms with Crippen LogP contribution in [0.2, 0.25) is 0 Å². The number of hydrogen-bond acceptors (Lipinski definition) is 8. The average Bonchev–Trinajstić information content (AvgIpc) is 3.48. The van der Waals surface area contributed by atoms with E-state index in [2.05, 4.69) is 20.5 Å². The SMILES string of the molecule is CCC(=O)c1csc(NC(=O)[C@@H](NC(=O)[C@H](N)c2ccc(OCCN3CCCCC3)cc2)[C@@H](C)c2ccccc2)n1. The van der Waals surface area contributed by atoms with E-state index >= 15 is 0 Å². The van der Waals surface area contributed by atoms with Crippen LogP contribution in [-0.4, -0.2) is 59.8 Å². The van der Waals surface area contributed by atoms with Crippen molar-refractivity contribution in [1.82, 2.24) is 15.2 Å². The van der Waals surface area contributed by atoms with Crippen LogP contribution < -0.4 is 21.1 Å². The Morgan fingerprint density at radius 3 is 2.39 bits per heavy atom. The highest BCUT2D eigenvalue weighted by atomic mass is 32.1. The quantitative estimate of drug-likeness (QED) is 0.255. The Kier molecular flexibility index (Phi) is 11.0. The number of thiazole rings is 1. The van der Waals surface area contributed by atoms with Gasteiger partial charge >= 0.3 is 0 Å². The normalized spacial score (nSPS) is 15.9. The van der Waals surface area contributed by atoms with E-state index in [1.165, 1.54) is 30.6 Å². The first kappa shape index (κ1) is 30.4. The van der Waals surface area contributed by atoms with Crippen molar-refractivity contribution < 1.29 is 19.1 Å². The van der Waals surface area contributed by atoms with E-state index in [4.69, 9.17) is 10.5 Å². The molecule has 1 fully saturated rings. The van der Waals surface area contributed by atoms with E-state index in [1.807, 2.05) is 49.4 Å². The molecule has 0 bridgehead atoms. The molecule has 2 aromatic carbocycles. The summed E-state index contributed by atoms with van der Waals surface area (Å²) in [7, 11) is 0. The zero-order valence-corrected chi connectivity index (χ0v) is 24.5. The average molecular weight is 578 g/mol. The maximum absolute atomic E-state index is 13.4. The molecular formula is C31H39N5O4S. The molecule has 3 atom stereocenters. The lowest BCUT2D eigenvalue weighted by Gasteiger charge is -2.26. The Bertz CT molecular complexity index is 1290. The van der Waals surface area contributed by atoms with Crippen molar-refractivity contribution in [2.24, 2.45) is 5.73 Å². The molecule has 1 saturated heterocycles. The molecule has 218 valence electrons. The fraction of sp³-hybridized carbons (Fsp3) is 0.419. The summed E-state index contributed by atoms with van der Waals surface area (Å²) in [4.78, 5) is 45.4. The number of anilines is 1. The molecule has 1 aliphatic rings. The van der Waals surface area contributed by atoms with E-state index in [0.717, 1.165) is 30.9 Å². The van der Waals surface area contributed by atoms with Gasteiger partial charge in [0, 0.05) is 24.3 Å². The first-order valence-corrected chi connectivity index (χ1v) is 15.1. The second kappa shape index (κ2) is 14.9. The van der Waals surface area contributed by atoms with E-state index in [-0.39, 0.29) is 11.7 Å². The van der Waals surface area contributed by atoms with Crippen LogP contribution in [0.15, 0.2) is 60.0 Å². The van der Waals surface area contributed by atoms with Crippen LogP contribution in [0.3, 0.4) is 0 Å². The predicted molar refractivity (Wildman–Crippen MR) is 161 cm³/mol. The number of carbonyl (C=O) groups excluding carboxylic acids is 3. The van der Waals surface area contributed by atoms with Gasteiger partial charge in [0.15, 0.2) is 10.9 Å². The van der Waals surface area contributed by atoms with Crippen molar-refractivity contribution in [2.75, 3.05) is 31.6 Å². The molecule has 4 rings (SSSR count). The molecule has 41 heavy (non-hydrogen) atoms. The number of nitrogens with two attached hydrogens (primary N) is 1. The number of amides is 2. The molecule has 4 N–H and O–H groups in total. The number of hydrogen-bond donors (Lipinski definition) is 3. The summed E-state index contributed by atoms with van der Waals surface area (Å²) < 4.78 is 5.90. The summed E-state index contributed by atoms with van der Waals surface area (Å²) in [5, 5.41) is 7.54. The topological polar surface area (TPSA) is 127 Å². The number of ether oxygens (including phenoxy) is 1. The van der Waals surface area contributed by atoms with E-state index in [0.29, 0.717) is 29.4 Å². The Morgan fingerprint density at radius 1 is 1.00 bits per heavy atom. The largest absolute Gasteiger partial charge is 0.492 e. The minimum Gasteiger partial charge on any atom is -0.492 e. The molecule has 3 aromatic rings. The highest BCUT2D eigenvalue weighted by Crippen LogP contribution is 2.24. The number of aromatic nitrogens is 1. The second-order valence-electron chi connectivity index (χ2n) is 10.3. The van der Waals surface area contributed by atoms with Crippen LogP contribution in [0.4, 0.5) is 5.13 Å². The van der Waals surface area contributed by atoms with Gasteiger partial charge < -0.3 is 21.1 Å². The van der Waals surface area contributed by atoms with Gasteiger partial charge in [-0.15, -0.1) is 11.3 Å². The third kappa shape index (κ3) is 8.45. The molecule has 0 radical (unpaired) electrons. The van der Waals surface area contributed by atoms with E-state index in [9.17, 15) is 14.4 Å². The summed E-state index contributed by atoms with van der Waals surface area (Å²) in [6, 6.07) is 14.7. The molecule has 0 aliphatic carbocycles. The highest BCUT2D eigenvalue weighted by molar-refractivity contribution is 7.14. The fourth-order valence-corrected chi connectivity index (χ4v) is 5.55. The number of carbonyl (C=O) groups is 3. The van der Waals surface area contributed by atoms with Crippen LogP contribution in [0.1, 0.15) is 73.1 Å². The van der Waals surface area contributed by atoms with E-state index < -0.39 is 23.9 Å². The predicted octanol–water partition coefficient (Wildman–Crippen LogP) is 4.53. The van der Waals surface area contributed by atoms with Crippen molar-refractivity contribution in [3.8, 4) is 5.75 Å². The molecule has 1 aliphatic heterocycles. The monoisotopic (exact) mass is 577 g/mol. The van der Waals surface area contributed by atoms with Gasteiger partial charge in [0.25, 0.3) is 0 Å². The number of ketones is 1. The van der Waals surface area contributed by atoms with Gasteiger partial charge in [0.1, 0.15) is 30.1 Å². The summed E-state index contributed by atoms with van der Waals surface area (Å²) in [6.07, 6.45) is 4.11. The summed E-state index contributed by atoms with van der Waals surface area (Å²) >= 11 is 1.17. The van der Waals surface area contributed by atoms with Crippen molar-refractivity contribution in [3.63, 3.8) is 0 Å². The lowest BCUT2D eigenvalue weighted by molar-refractivity contribution is -0.127. The van der Waals surface area contributed by atoms with Crippen LogP contribution in [0.5, 0.6) is 5.75 Å². The van der Waals surface area contributed by atoms with Gasteiger partial charge in [0.2, 0.25) is 11.8 Å². The summed E-state index contributed by atoms with van der Waals surface area (Å²) in [6.45, 7) is 7.37. The van der Waals surface area contributed by atoms with Crippen molar-refractivity contribution >= 4 is 34.1 Å². The number of rotatable bonds is 13. The van der Waals surface area contributed by atoms with Gasteiger partial charge in [-0.2, -0.15) is 0 Å². The maximum Gasteiger partial charge on any atom is 0.249 e. The van der Waals surface area contributed by atoms with Crippen molar-refractivity contribution in [2.45, 2.75) is 57.5 Å². The summed E-state index contributed by atoms with van der Waals surface area (Å²) in [5.74, 6) is -0.664. The number of likely N-dealkylation sites (tertiary alicyclic amines) is 1. The van der Waals surface area contributed by atoms with E-state index in [1.54, 1.807) is 24.4 Å². The van der Waals surface area contributed by atoms with Crippen LogP contribution >= 0.6 is 11.3 Å². The van der Waals surface area contributed by atoms with Gasteiger partial charge in [-0.1, -0.05) is 62.7 Å².